The molecule has 1 N–H and O–H groups in total. The fourth-order valence-electron chi connectivity index (χ4n) is 1.72. The molecular weight excluding hydrogens is 224 g/mol. The van der Waals surface area contributed by atoms with Crippen LogP contribution in [0.2, 0.25) is 0 Å². The van der Waals surface area contributed by atoms with Gasteiger partial charge in [-0.1, -0.05) is 29.8 Å². The number of rotatable bonds is 3. The summed E-state index contributed by atoms with van der Waals surface area (Å²) in [5.74, 6) is -0.0220. The summed E-state index contributed by atoms with van der Waals surface area (Å²) in [6.07, 6.45) is 3.80. The largest absolute Gasteiger partial charge is 0.324 e. The van der Waals surface area contributed by atoms with Crippen molar-refractivity contribution in [2.45, 2.75) is 20.3 Å². The minimum Gasteiger partial charge on any atom is -0.324 e. The Bertz CT molecular complexity index is 547. The molecule has 0 atom stereocenters. The van der Waals surface area contributed by atoms with Crippen LogP contribution in [0.1, 0.15) is 16.7 Å². The van der Waals surface area contributed by atoms with Crippen molar-refractivity contribution in [1.29, 1.82) is 0 Å². The first kappa shape index (κ1) is 12.3. The van der Waals surface area contributed by atoms with E-state index in [-0.39, 0.29) is 5.91 Å². The lowest BCUT2D eigenvalue weighted by Gasteiger charge is -2.05. The number of carbonyl (C=O) groups is 1. The number of nitrogens with one attached hydrogen (secondary N) is 1. The van der Waals surface area contributed by atoms with Crippen molar-refractivity contribution in [3.63, 3.8) is 0 Å². The molecule has 0 aliphatic carbocycles. The molecular formula is C15H16N2O. The molecule has 2 aromatic rings. The van der Waals surface area contributed by atoms with Crippen LogP contribution in [-0.2, 0) is 11.2 Å². The van der Waals surface area contributed by atoms with Crippen molar-refractivity contribution in [3.8, 4) is 0 Å². The van der Waals surface area contributed by atoms with E-state index in [0.717, 1.165) is 16.8 Å². The molecule has 0 aliphatic rings. The van der Waals surface area contributed by atoms with Gasteiger partial charge >= 0.3 is 0 Å². The van der Waals surface area contributed by atoms with Crippen LogP contribution >= 0.6 is 0 Å². The molecule has 3 nitrogen and oxygen atoms in total. The highest BCUT2D eigenvalue weighted by Crippen LogP contribution is 2.09. The molecule has 0 saturated carbocycles. The minimum absolute atomic E-state index is 0.0220. The lowest BCUT2D eigenvalue weighted by molar-refractivity contribution is -0.115. The maximum atomic E-state index is 11.8. The van der Waals surface area contributed by atoms with E-state index >= 15 is 0 Å². The van der Waals surface area contributed by atoms with Crippen LogP contribution < -0.4 is 5.32 Å². The van der Waals surface area contributed by atoms with Crippen LogP contribution in [-0.4, -0.2) is 10.9 Å². The molecule has 1 heterocycles. The van der Waals surface area contributed by atoms with Crippen molar-refractivity contribution in [2.24, 2.45) is 0 Å². The average molecular weight is 240 g/mol. The molecule has 1 aromatic carbocycles. The fourth-order valence-corrected chi connectivity index (χ4v) is 1.72. The second-order valence-corrected chi connectivity index (χ2v) is 4.46. The number of anilines is 1. The van der Waals surface area contributed by atoms with E-state index in [9.17, 15) is 4.79 Å². The van der Waals surface area contributed by atoms with E-state index in [1.807, 2.05) is 44.2 Å². The van der Waals surface area contributed by atoms with Crippen molar-refractivity contribution in [3.05, 3.63) is 59.4 Å². The molecule has 0 saturated heterocycles. The Kier molecular flexibility index (Phi) is 3.72. The van der Waals surface area contributed by atoms with Gasteiger partial charge in [0.1, 0.15) is 0 Å². The number of aromatic nitrogens is 1. The third-order valence-electron chi connectivity index (χ3n) is 2.64. The van der Waals surface area contributed by atoms with E-state index in [1.165, 1.54) is 5.56 Å². The van der Waals surface area contributed by atoms with Crippen molar-refractivity contribution >= 4 is 11.6 Å². The fraction of sp³-hybridized carbons (Fsp3) is 0.200. The highest BCUT2D eigenvalue weighted by atomic mass is 16.1. The highest BCUT2D eigenvalue weighted by Gasteiger charge is 2.04. The summed E-state index contributed by atoms with van der Waals surface area (Å²) in [4.78, 5) is 15.9. The molecule has 0 bridgehead atoms. The first-order valence-corrected chi connectivity index (χ1v) is 5.90. The van der Waals surface area contributed by atoms with Gasteiger partial charge in [-0.2, -0.15) is 0 Å². The third kappa shape index (κ3) is 3.42. The van der Waals surface area contributed by atoms with Gasteiger partial charge in [0.15, 0.2) is 0 Å². The zero-order chi connectivity index (χ0) is 13.0. The summed E-state index contributed by atoms with van der Waals surface area (Å²) in [5, 5.41) is 2.84. The summed E-state index contributed by atoms with van der Waals surface area (Å²) < 4.78 is 0. The second kappa shape index (κ2) is 5.45. The Balaban J connectivity index is 1.98. The van der Waals surface area contributed by atoms with Gasteiger partial charge in [-0.05, 0) is 31.0 Å². The maximum absolute atomic E-state index is 11.8. The Labute approximate surface area is 107 Å². The average Bonchev–Trinajstić information content (AvgIpc) is 2.32. The molecule has 18 heavy (non-hydrogen) atoms. The van der Waals surface area contributed by atoms with Gasteiger partial charge in [0, 0.05) is 6.20 Å². The number of hydrogen-bond acceptors (Lipinski definition) is 2. The van der Waals surface area contributed by atoms with Crippen LogP contribution in [0.25, 0.3) is 0 Å². The SMILES string of the molecule is Cc1ccc(CC(=O)Nc2cncc(C)c2)cc1. The summed E-state index contributed by atoms with van der Waals surface area (Å²) in [7, 11) is 0. The smallest absolute Gasteiger partial charge is 0.228 e. The van der Waals surface area contributed by atoms with E-state index in [2.05, 4.69) is 10.3 Å². The molecule has 2 rings (SSSR count). The molecule has 0 unspecified atom stereocenters. The number of pyridine rings is 1. The van der Waals surface area contributed by atoms with Crippen LogP contribution in [0.4, 0.5) is 5.69 Å². The Morgan fingerprint density at radius 2 is 1.83 bits per heavy atom. The molecule has 92 valence electrons. The molecule has 0 radical (unpaired) electrons. The lowest BCUT2D eigenvalue weighted by Crippen LogP contribution is -2.14. The predicted octanol–water partition coefficient (Wildman–Crippen LogP) is 2.88. The number of nitrogens with zero attached hydrogens (tertiary/aromatic N) is 1. The third-order valence-corrected chi connectivity index (χ3v) is 2.64. The van der Waals surface area contributed by atoms with Crippen molar-refractivity contribution < 1.29 is 4.79 Å². The summed E-state index contributed by atoms with van der Waals surface area (Å²) in [6, 6.07) is 9.88. The molecule has 1 amide bonds. The minimum atomic E-state index is -0.0220. The zero-order valence-electron chi connectivity index (χ0n) is 10.6. The maximum Gasteiger partial charge on any atom is 0.228 e. The van der Waals surface area contributed by atoms with Gasteiger partial charge in [0.25, 0.3) is 0 Å². The highest BCUT2D eigenvalue weighted by molar-refractivity contribution is 5.92. The van der Waals surface area contributed by atoms with Crippen LogP contribution in [0.5, 0.6) is 0 Å². The molecule has 3 heteroatoms. The Morgan fingerprint density at radius 1 is 1.11 bits per heavy atom. The number of benzene rings is 1. The predicted molar refractivity (Wildman–Crippen MR) is 72.5 cm³/mol. The van der Waals surface area contributed by atoms with E-state index in [1.54, 1.807) is 12.4 Å². The van der Waals surface area contributed by atoms with Gasteiger partial charge in [0.2, 0.25) is 5.91 Å². The van der Waals surface area contributed by atoms with E-state index < -0.39 is 0 Å². The molecule has 0 fully saturated rings. The van der Waals surface area contributed by atoms with Crippen LogP contribution in [0, 0.1) is 13.8 Å². The van der Waals surface area contributed by atoms with Gasteiger partial charge < -0.3 is 5.32 Å². The zero-order valence-corrected chi connectivity index (χ0v) is 10.6. The van der Waals surface area contributed by atoms with Crippen LogP contribution in [0.15, 0.2) is 42.7 Å². The number of amides is 1. The summed E-state index contributed by atoms with van der Waals surface area (Å²) in [6.45, 7) is 3.98. The van der Waals surface area contributed by atoms with Gasteiger partial charge in [0.05, 0.1) is 18.3 Å². The first-order chi connectivity index (χ1) is 8.63. The van der Waals surface area contributed by atoms with Gasteiger partial charge in [-0.15, -0.1) is 0 Å². The number of carbonyl (C=O) groups excluding carboxylic acids is 1. The van der Waals surface area contributed by atoms with Crippen LogP contribution in [0.3, 0.4) is 0 Å². The molecule has 1 aromatic heterocycles. The Hall–Kier alpha value is -2.16. The molecule has 0 spiro atoms. The van der Waals surface area contributed by atoms with Gasteiger partial charge in [-0.3, -0.25) is 9.78 Å². The first-order valence-electron chi connectivity index (χ1n) is 5.90. The van der Waals surface area contributed by atoms with Gasteiger partial charge in [-0.25, -0.2) is 0 Å². The lowest BCUT2D eigenvalue weighted by atomic mass is 10.1. The van der Waals surface area contributed by atoms with E-state index in [4.69, 9.17) is 0 Å². The monoisotopic (exact) mass is 240 g/mol. The summed E-state index contributed by atoms with van der Waals surface area (Å²) in [5.41, 5.74) is 3.98. The topological polar surface area (TPSA) is 42.0 Å². The molecule has 0 aliphatic heterocycles. The van der Waals surface area contributed by atoms with Crippen molar-refractivity contribution in [2.75, 3.05) is 5.32 Å². The standard InChI is InChI=1S/C15H16N2O/c1-11-3-5-13(6-4-11)8-15(18)17-14-7-12(2)9-16-10-14/h3-7,9-10H,8H2,1-2H3,(H,17,18). The summed E-state index contributed by atoms with van der Waals surface area (Å²) >= 11 is 0. The van der Waals surface area contributed by atoms with Crippen molar-refractivity contribution in [1.82, 2.24) is 4.98 Å². The second-order valence-electron chi connectivity index (χ2n) is 4.46. The quantitative estimate of drug-likeness (QED) is 0.896. The number of hydrogen-bond donors (Lipinski definition) is 1. The Morgan fingerprint density at radius 3 is 2.50 bits per heavy atom. The normalized spacial score (nSPS) is 10.1. The number of aryl methyl sites for hydroxylation is 2. The van der Waals surface area contributed by atoms with E-state index in [0.29, 0.717) is 6.42 Å².